The van der Waals surface area contributed by atoms with Crippen LogP contribution in [0, 0.1) is 0 Å². The molecule has 0 radical (unpaired) electrons. The fourth-order valence-corrected chi connectivity index (χ4v) is 12.5. The Morgan fingerprint density at radius 1 is 0.100 bits per heavy atom. The maximum absolute atomic E-state index is 5.52. The molecule has 0 unspecified atom stereocenters. The molecule has 90 heavy (non-hydrogen) atoms. The number of pyridine rings is 1. The number of benzene rings is 14. The van der Waals surface area contributed by atoms with Crippen LogP contribution < -0.4 is 0 Å². The van der Waals surface area contributed by atoms with Crippen molar-refractivity contribution in [3.8, 4) is 156 Å². The Morgan fingerprint density at radius 3 is 0.533 bits per heavy atom. The van der Waals surface area contributed by atoms with Gasteiger partial charge < -0.3 is 0 Å². The average Bonchev–Trinajstić information content (AvgIpc) is 2.29. The lowest BCUT2D eigenvalue weighted by atomic mass is 9.90. The lowest BCUT2D eigenvalue weighted by molar-refractivity contribution is 1.32. The van der Waals surface area contributed by atoms with E-state index in [9.17, 15) is 0 Å². The van der Waals surface area contributed by atoms with E-state index in [1.54, 1.807) is 0 Å². The monoisotopic (exact) mass is 1140 g/mol. The van der Waals surface area contributed by atoms with E-state index in [0.29, 0.717) is 0 Å². The molecule has 0 N–H and O–H groups in total. The average molecular weight is 1140 g/mol. The first-order valence-electron chi connectivity index (χ1n) is 30.9. The summed E-state index contributed by atoms with van der Waals surface area (Å²) in [6.45, 7) is 0. The summed E-state index contributed by atoms with van der Waals surface area (Å²) in [6.07, 6.45) is 0. The zero-order valence-electron chi connectivity index (χ0n) is 49.7. The van der Waals surface area contributed by atoms with Gasteiger partial charge >= 0.3 is 0 Å². The second-order valence-corrected chi connectivity index (χ2v) is 23.1. The lowest BCUT2D eigenvalue weighted by Gasteiger charge is -2.15. The molecule has 0 amide bonds. The van der Waals surface area contributed by atoms with E-state index in [-0.39, 0.29) is 0 Å². The van der Waals surface area contributed by atoms with Crippen molar-refractivity contribution in [1.29, 1.82) is 0 Å². The molecule has 0 bridgehead atoms. The highest BCUT2D eigenvalue weighted by molar-refractivity contribution is 5.89. The largest absolute Gasteiger partial charge is 0.248 e. The van der Waals surface area contributed by atoms with Gasteiger partial charge in [-0.2, -0.15) is 0 Å². The minimum atomic E-state index is 0.899. The number of hydrogen-bond acceptors (Lipinski definition) is 1. The Balaban J connectivity index is 0.813. The first-order valence-corrected chi connectivity index (χ1v) is 30.9. The summed E-state index contributed by atoms with van der Waals surface area (Å²) in [5.41, 5.74) is 31.9. The van der Waals surface area contributed by atoms with Gasteiger partial charge in [0.05, 0.1) is 11.4 Å². The van der Waals surface area contributed by atoms with Crippen molar-refractivity contribution in [2.24, 2.45) is 0 Å². The van der Waals surface area contributed by atoms with E-state index in [1.165, 1.54) is 77.9 Å². The minimum Gasteiger partial charge on any atom is -0.248 e. The molecule has 0 aliphatic heterocycles. The molecule has 0 saturated heterocycles. The van der Waals surface area contributed by atoms with Crippen LogP contribution in [0.1, 0.15) is 0 Å². The predicted octanol–water partition coefficient (Wildman–Crippen LogP) is 24.4. The van der Waals surface area contributed by atoms with Crippen LogP contribution in [0.4, 0.5) is 0 Å². The zero-order chi connectivity index (χ0) is 60.0. The van der Waals surface area contributed by atoms with Gasteiger partial charge in [0.15, 0.2) is 0 Å². The number of nitrogens with zero attached hydrogens (tertiary/aromatic N) is 1. The summed E-state index contributed by atoms with van der Waals surface area (Å²) in [6, 6.07) is 134. The number of rotatable bonds is 14. The van der Waals surface area contributed by atoms with Crippen molar-refractivity contribution in [3.63, 3.8) is 0 Å². The van der Waals surface area contributed by atoms with Crippen LogP contribution in [0.3, 0.4) is 0 Å². The molecular formula is C89H61N. The van der Waals surface area contributed by atoms with Gasteiger partial charge in [0.2, 0.25) is 0 Å². The Labute approximate surface area is 527 Å². The fourth-order valence-electron chi connectivity index (χ4n) is 12.5. The molecule has 14 aromatic carbocycles. The van der Waals surface area contributed by atoms with Crippen molar-refractivity contribution in [2.75, 3.05) is 0 Å². The predicted molar refractivity (Wildman–Crippen MR) is 380 cm³/mol. The van der Waals surface area contributed by atoms with E-state index in [0.717, 1.165) is 78.1 Å². The van der Waals surface area contributed by atoms with Gasteiger partial charge in [-0.3, -0.25) is 0 Å². The molecule has 1 heteroatoms. The molecule has 15 rings (SSSR count). The quantitative estimate of drug-likeness (QED) is 0.106. The van der Waals surface area contributed by atoms with Gasteiger partial charge in [-0.05, 0) is 237 Å². The van der Waals surface area contributed by atoms with Gasteiger partial charge in [0.25, 0.3) is 0 Å². The second kappa shape index (κ2) is 24.9. The van der Waals surface area contributed by atoms with E-state index < -0.39 is 0 Å². The van der Waals surface area contributed by atoms with Crippen LogP contribution in [-0.4, -0.2) is 4.98 Å². The van der Waals surface area contributed by atoms with Crippen LogP contribution >= 0.6 is 0 Å². The van der Waals surface area contributed by atoms with Gasteiger partial charge in [0.1, 0.15) is 0 Å². The third-order valence-corrected chi connectivity index (χ3v) is 17.2. The van der Waals surface area contributed by atoms with E-state index in [4.69, 9.17) is 4.98 Å². The third-order valence-electron chi connectivity index (χ3n) is 17.2. The molecule has 0 aliphatic carbocycles. The van der Waals surface area contributed by atoms with Crippen LogP contribution in [0.5, 0.6) is 0 Å². The molecule has 1 aromatic heterocycles. The van der Waals surface area contributed by atoms with Gasteiger partial charge in [-0.1, -0.05) is 267 Å². The molecule has 15 aromatic rings. The molecule has 0 aliphatic rings. The first kappa shape index (κ1) is 54.9. The highest BCUT2D eigenvalue weighted by atomic mass is 14.7. The number of hydrogen-bond donors (Lipinski definition) is 0. The van der Waals surface area contributed by atoms with Crippen molar-refractivity contribution in [3.05, 3.63) is 370 Å². The third kappa shape index (κ3) is 11.9. The van der Waals surface area contributed by atoms with Crippen LogP contribution in [0.25, 0.3) is 156 Å². The molecule has 1 nitrogen and oxygen atoms in total. The summed E-state index contributed by atoms with van der Waals surface area (Å²) < 4.78 is 0. The van der Waals surface area contributed by atoms with Gasteiger partial charge in [-0.15, -0.1) is 0 Å². The zero-order valence-corrected chi connectivity index (χ0v) is 49.7. The summed E-state index contributed by atoms with van der Waals surface area (Å²) in [5, 5.41) is 0. The smallest absolute Gasteiger partial charge is 0.0709 e. The van der Waals surface area contributed by atoms with Crippen LogP contribution in [0.2, 0.25) is 0 Å². The molecule has 0 atom stereocenters. The molecule has 1 heterocycles. The van der Waals surface area contributed by atoms with Crippen molar-refractivity contribution >= 4 is 0 Å². The van der Waals surface area contributed by atoms with Crippen LogP contribution in [-0.2, 0) is 0 Å². The molecule has 0 saturated carbocycles. The molecule has 0 spiro atoms. The van der Waals surface area contributed by atoms with E-state index in [2.05, 4.69) is 370 Å². The van der Waals surface area contributed by atoms with Gasteiger partial charge in [0, 0.05) is 11.1 Å². The Kier molecular flexibility index (Phi) is 15.2. The lowest BCUT2D eigenvalue weighted by Crippen LogP contribution is -1.92. The van der Waals surface area contributed by atoms with Crippen molar-refractivity contribution in [1.82, 2.24) is 4.98 Å². The summed E-state index contributed by atoms with van der Waals surface area (Å²) in [4.78, 5) is 5.52. The standard InChI is InChI=1S/C89H61N/c1-7-23-62(24-8-1)76-50-77(63-25-9-2-10-26-63)54-82(53-76)69-45-43-68(44-46-69)70-35-21-40-75(49-70)88-41-22-42-89(90-88)87-60-85(73-38-19-36-71(47-73)83-55-78(64-27-11-3-12-28-64)51-79(56-83)65-29-13-4-14-30-65)59-86(61-87)74-39-20-37-72(48-74)84-57-80(66-31-15-5-16-32-66)52-81(58-84)67-33-17-6-18-34-67/h1-61H. The summed E-state index contributed by atoms with van der Waals surface area (Å²) in [7, 11) is 0. The SMILES string of the molecule is c1ccc(-c2cc(-c3ccccc3)cc(-c3ccc(-c4cccc(-c5cccc(-c6cc(-c7cccc(-c8cc(-c9ccccc9)cc(-c9ccccc9)c8)c7)cc(-c7cccc(-c8cc(-c9ccccc9)cc(-c9ccccc9)c8)c7)c6)n5)c4)cc3)c2)cc1. The summed E-state index contributed by atoms with van der Waals surface area (Å²) >= 11 is 0. The first-order chi connectivity index (χ1) is 44.5. The van der Waals surface area contributed by atoms with Crippen molar-refractivity contribution in [2.45, 2.75) is 0 Å². The Hall–Kier alpha value is -11.8. The normalized spacial score (nSPS) is 11.1. The fraction of sp³-hybridized carbons (Fsp3) is 0. The van der Waals surface area contributed by atoms with Crippen LogP contribution in [0.15, 0.2) is 370 Å². The maximum atomic E-state index is 5.52. The topological polar surface area (TPSA) is 12.9 Å². The Morgan fingerprint density at radius 2 is 0.256 bits per heavy atom. The molecule has 0 fully saturated rings. The highest BCUT2D eigenvalue weighted by Gasteiger charge is 2.16. The van der Waals surface area contributed by atoms with Gasteiger partial charge in [-0.25, -0.2) is 4.98 Å². The van der Waals surface area contributed by atoms with E-state index in [1.807, 2.05) is 0 Å². The number of aromatic nitrogens is 1. The second-order valence-electron chi connectivity index (χ2n) is 23.1. The molecular weight excluding hydrogens is 1080 g/mol. The van der Waals surface area contributed by atoms with Crippen molar-refractivity contribution < 1.29 is 0 Å². The molecule has 422 valence electrons. The highest BCUT2D eigenvalue weighted by Crippen LogP contribution is 2.41. The maximum Gasteiger partial charge on any atom is 0.0709 e. The van der Waals surface area contributed by atoms with E-state index >= 15 is 0 Å². The summed E-state index contributed by atoms with van der Waals surface area (Å²) in [5.74, 6) is 0. The Bertz CT molecular complexity index is 4640. The minimum absolute atomic E-state index is 0.899.